The minimum absolute atomic E-state index is 0.532. The minimum Gasteiger partial charge on any atom is -0.378 e. The number of hydrogen-bond acceptors (Lipinski definition) is 4. The lowest BCUT2D eigenvalue weighted by Gasteiger charge is -2.33. The van der Waals surface area contributed by atoms with Gasteiger partial charge in [-0.15, -0.1) is 0 Å². The molecule has 0 saturated carbocycles. The fraction of sp³-hybridized carbons (Fsp3) is 0.750. The van der Waals surface area contributed by atoms with E-state index in [9.17, 15) is 0 Å². The van der Waals surface area contributed by atoms with Crippen LogP contribution in [0.2, 0.25) is 0 Å². The molecule has 96 valence electrons. The molecule has 1 unspecified atom stereocenters. The van der Waals surface area contributed by atoms with Crippen molar-refractivity contribution in [3.8, 4) is 0 Å². The van der Waals surface area contributed by atoms with Crippen molar-refractivity contribution >= 4 is 0 Å². The van der Waals surface area contributed by atoms with Crippen LogP contribution in [0.4, 0.5) is 0 Å². The molecule has 1 aromatic rings. The molecule has 0 bridgehead atoms. The van der Waals surface area contributed by atoms with Gasteiger partial charge in [0.25, 0.3) is 0 Å². The van der Waals surface area contributed by atoms with Crippen molar-refractivity contribution < 1.29 is 4.74 Å². The van der Waals surface area contributed by atoms with Crippen LogP contribution in [0.15, 0.2) is 6.07 Å². The van der Waals surface area contributed by atoms with Crippen LogP contribution in [0.3, 0.4) is 0 Å². The molecule has 1 aromatic heterocycles. The Morgan fingerprint density at radius 3 is 3.12 bits per heavy atom. The molecule has 0 aromatic carbocycles. The first-order valence-electron chi connectivity index (χ1n) is 6.23. The Kier molecular flexibility index (Phi) is 4.15. The average molecular weight is 238 g/mol. The van der Waals surface area contributed by atoms with E-state index in [0.29, 0.717) is 12.6 Å². The molecule has 0 radical (unpaired) electrons. The molecular weight excluding hydrogens is 216 g/mol. The molecule has 0 aliphatic carbocycles. The van der Waals surface area contributed by atoms with Gasteiger partial charge < -0.3 is 10.5 Å². The van der Waals surface area contributed by atoms with Crippen LogP contribution < -0.4 is 5.73 Å². The van der Waals surface area contributed by atoms with Crippen molar-refractivity contribution in [3.05, 3.63) is 17.5 Å². The van der Waals surface area contributed by atoms with Crippen LogP contribution in [-0.4, -0.2) is 40.9 Å². The fourth-order valence-electron chi connectivity index (χ4n) is 2.34. The van der Waals surface area contributed by atoms with E-state index >= 15 is 0 Å². The molecule has 2 rings (SSSR count). The number of nitrogens with two attached hydrogens (primary N) is 1. The Bertz CT molecular complexity index is 363. The minimum atomic E-state index is 0.532. The zero-order valence-corrected chi connectivity index (χ0v) is 10.7. The van der Waals surface area contributed by atoms with Gasteiger partial charge in [0.05, 0.1) is 24.5 Å². The Morgan fingerprint density at radius 1 is 1.59 bits per heavy atom. The normalized spacial score (nSPS) is 20.5. The molecule has 0 spiro atoms. The lowest BCUT2D eigenvalue weighted by atomic mass is 10.2. The summed E-state index contributed by atoms with van der Waals surface area (Å²) in [5, 5.41) is 4.55. The molecule has 0 amide bonds. The maximum absolute atomic E-state index is 5.57. The molecule has 1 atom stereocenters. The van der Waals surface area contributed by atoms with Gasteiger partial charge in [0.15, 0.2) is 0 Å². The van der Waals surface area contributed by atoms with Gasteiger partial charge in [0, 0.05) is 26.2 Å². The third kappa shape index (κ3) is 2.86. The number of nitrogens with zero attached hydrogens (tertiary/aromatic N) is 3. The van der Waals surface area contributed by atoms with E-state index < -0.39 is 0 Å². The number of ether oxygens (including phenoxy) is 1. The average Bonchev–Trinajstić information content (AvgIpc) is 2.68. The highest BCUT2D eigenvalue weighted by Gasteiger charge is 2.23. The van der Waals surface area contributed by atoms with Crippen molar-refractivity contribution in [1.82, 2.24) is 14.7 Å². The smallest absolute Gasteiger partial charge is 0.0902 e. The number of aromatic nitrogens is 2. The molecule has 17 heavy (non-hydrogen) atoms. The highest BCUT2D eigenvalue weighted by Crippen LogP contribution is 2.18. The van der Waals surface area contributed by atoms with E-state index in [1.807, 2.05) is 0 Å². The largest absolute Gasteiger partial charge is 0.378 e. The molecule has 5 nitrogen and oxygen atoms in total. The standard InChI is InChI=1S/C12H22N4O/c1-10-7-16-12(6-11(14-16)9-17-2)8-15(10)5-3-4-13/h6,10H,3-5,7-9,13H2,1-2H3. The van der Waals surface area contributed by atoms with E-state index in [-0.39, 0.29) is 0 Å². The van der Waals surface area contributed by atoms with Crippen molar-refractivity contribution in [3.63, 3.8) is 0 Å². The van der Waals surface area contributed by atoms with Gasteiger partial charge in [-0.25, -0.2) is 0 Å². The van der Waals surface area contributed by atoms with Crippen LogP contribution >= 0.6 is 0 Å². The van der Waals surface area contributed by atoms with E-state index in [0.717, 1.165) is 38.3 Å². The summed E-state index contributed by atoms with van der Waals surface area (Å²) in [6.07, 6.45) is 1.06. The third-order valence-corrected chi connectivity index (χ3v) is 3.28. The van der Waals surface area contributed by atoms with Gasteiger partial charge in [-0.2, -0.15) is 5.10 Å². The second-order valence-corrected chi connectivity index (χ2v) is 4.70. The van der Waals surface area contributed by atoms with E-state index in [1.165, 1.54) is 5.69 Å². The third-order valence-electron chi connectivity index (χ3n) is 3.28. The zero-order chi connectivity index (χ0) is 12.3. The highest BCUT2D eigenvalue weighted by atomic mass is 16.5. The van der Waals surface area contributed by atoms with Gasteiger partial charge in [-0.1, -0.05) is 0 Å². The second kappa shape index (κ2) is 5.62. The molecule has 5 heteroatoms. The summed E-state index contributed by atoms with van der Waals surface area (Å²) in [6, 6.07) is 2.68. The zero-order valence-electron chi connectivity index (χ0n) is 10.7. The lowest BCUT2D eigenvalue weighted by molar-refractivity contribution is 0.143. The summed E-state index contributed by atoms with van der Waals surface area (Å²) in [6.45, 7) is 6.61. The molecule has 2 heterocycles. The Morgan fingerprint density at radius 2 is 2.41 bits per heavy atom. The first kappa shape index (κ1) is 12.5. The predicted molar refractivity (Wildman–Crippen MR) is 66.5 cm³/mol. The molecule has 1 aliphatic heterocycles. The topological polar surface area (TPSA) is 56.3 Å². The highest BCUT2D eigenvalue weighted by molar-refractivity contribution is 5.12. The second-order valence-electron chi connectivity index (χ2n) is 4.70. The van der Waals surface area contributed by atoms with E-state index in [1.54, 1.807) is 7.11 Å². The molecule has 0 saturated heterocycles. The van der Waals surface area contributed by atoms with Crippen LogP contribution in [-0.2, 0) is 24.4 Å². The van der Waals surface area contributed by atoms with Crippen LogP contribution in [0, 0.1) is 0 Å². The number of rotatable bonds is 5. The van der Waals surface area contributed by atoms with Gasteiger partial charge in [0.1, 0.15) is 0 Å². The Labute approximate surface area is 103 Å². The van der Waals surface area contributed by atoms with Crippen molar-refractivity contribution in [1.29, 1.82) is 0 Å². The van der Waals surface area contributed by atoms with Gasteiger partial charge in [0.2, 0.25) is 0 Å². The quantitative estimate of drug-likeness (QED) is 0.815. The maximum Gasteiger partial charge on any atom is 0.0902 e. The van der Waals surface area contributed by atoms with Crippen molar-refractivity contribution in [2.45, 2.75) is 39.1 Å². The van der Waals surface area contributed by atoms with Gasteiger partial charge in [-0.05, 0) is 26.0 Å². The summed E-state index contributed by atoms with van der Waals surface area (Å²) in [5.74, 6) is 0. The Balaban J connectivity index is 2.05. The number of hydrogen-bond donors (Lipinski definition) is 1. The van der Waals surface area contributed by atoms with Crippen LogP contribution in [0.25, 0.3) is 0 Å². The SMILES string of the molecule is COCc1cc2n(n1)CC(C)N(CCCN)C2. The Hall–Kier alpha value is -0.910. The summed E-state index contributed by atoms with van der Waals surface area (Å²) in [5.41, 5.74) is 7.88. The predicted octanol–water partition coefficient (Wildman–Crippen LogP) is 0.582. The monoisotopic (exact) mass is 238 g/mol. The number of methoxy groups -OCH3 is 1. The lowest BCUT2D eigenvalue weighted by Crippen LogP contribution is -2.42. The van der Waals surface area contributed by atoms with Gasteiger partial charge >= 0.3 is 0 Å². The van der Waals surface area contributed by atoms with Crippen LogP contribution in [0.5, 0.6) is 0 Å². The maximum atomic E-state index is 5.57. The number of fused-ring (bicyclic) bond motifs is 1. The summed E-state index contributed by atoms with van der Waals surface area (Å²) < 4.78 is 7.23. The van der Waals surface area contributed by atoms with Gasteiger partial charge in [-0.3, -0.25) is 9.58 Å². The first-order chi connectivity index (χ1) is 8.24. The van der Waals surface area contributed by atoms with Crippen molar-refractivity contribution in [2.24, 2.45) is 5.73 Å². The fourth-order valence-corrected chi connectivity index (χ4v) is 2.34. The van der Waals surface area contributed by atoms with E-state index in [4.69, 9.17) is 10.5 Å². The summed E-state index contributed by atoms with van der Waals surface area (Å²) in [4.78, 5) is 2.47. The summed E-state index contributed by atoms with van der Waals surface area (Å²) >= 11 is 0. The van der Waals surface area contributed by atoms with Crippen LogP contribution in [0.1, 0.15) is 24.7 Å². The molecule has 1 aliphatic rings. The molecule has 2 N–H and O–H groups in total. The van der Waals surface area contributed by atoms with E-state index in [2.05, 4.69) is 27.7 Å². The first-order valence-corrected chi connectivity index (χ1v) is 6.23. The summed E-state index contributed by atoms with van der Waals surface area (Å²) in [7, 11) is 1.70. The molecular formula is C12H22N4O. The van der Waals surface area contributed by atoms with Crippen molar-refractivity contribution in [2.75, 3.05) is 20.2 Å². The molecule has 0 fully saturated rings.